The van der Waals surface area contributed by atoms with E-state index in [2.05, 4.69) is 10.6 Å². The molecule has 0 radical (unpaired) electrons. The Morgan fingerprint density at radius 2 is 1.65 bits per heavy atom. The number of carboxylic acid groups (broad SMARTS) is 1. The topological polar surface area (TPSA) is 113 Å². The number of amides is 1. The van der Waals surface area contributed by atoms with Gasteiger partial charge in [-0.2, -0.15) is 0 Å². The summed E-state index contributed by atoms with van der Waals surface area (Å²) in [6, 6.07) is 7.52. The predicted molar refractivity (Wildman–Crippen MR) is 102 cm³/mol. The SMILES string of the molecule is CCCC(CCC)S(=O)(=O)C[C@@H](NC(=O)CNc1ccccc1)C(=O)O. The lowest BCUT2D eigenvalue weighted by Gasteiger charge is -2.20. The van der Waals surface area contributed by atoms with E-state index in [1.165, 1.54) is 0 Å². The molecule has 0 aliphatic rings. The van der Waals surface area contributed by atoms with E-state index in [0.717, 1.165) is 0 Å². The van der Waals surface area contributed by atoms with Gasteiger partial charge in [0.15, 0.2) is 9.84 Å². The lowest BCUT2D eigenvalue weighted by molar-refractivity contribution is -0.140. The summed E-state index contributed by atoms with van der Waals surface area (Å²) in [5.41, 5.74) is 0.716. The quantitative estimate of drug-likeness (QED) is 0.508. The molecule has 1 aromatic carbocycles. The highest BCUT2D eigenvalue weighted by molar-refractivity contribution is 7.92. The molecule has 0 aromatic heterocycles. The second-order valence-electron chi connectivity index (χ2n) is 6.21. The zero-order chi connectivity index (χ0) is 19.6. The van der Waals surface area contributed by atoms with E-state index < -0.39 is 38.8 Å². The van der Waals surface area contributed by atoms with Gasteiger partial charge in [-0.15, -0.1) is 0 Å². The van der Waals surface area contributed by atoms with Crippen LogP contribution in [0.4, 0.5) is 5.69 Å². The fraction of sp³-hybridized carbons (Fsp3) is 0.556. The molecule has 0 spiro atoms. The molecule has 146 valence electrons. The molecule has 1 aromatic rings. The third-order valence-electron chi connectivity index (χ3n) is 3.99. The van der Waals surface area contributed by atoms with Gasteiger partial charge >= 0.3 is 5.97 Å². The van der Waals surface area contributed by atoms with Crippen molar-refractivity contribution in [3.05, 3.63) is 30.3 Å². The third-order valence-corrected chi connectivity index (χ3v) is 6.27. The average molecular weight is 384 g/mol. The predicted octanol–water partition coefficient (Wildman–Crippen LogP) is 2.05. The van der Waals surface area contributed by atoms with E-state index >= 15 is 0 Å². The Hall–Kier alpha value is -2.09. The van der Waals surface area contributed by atoms with Crippen LogP contribution < -0.4 is 10.6 Å². The van der Waals surface area contributed by atoms with Crippen LogP contribution in [-0.4, -0.2) is 49.0 Å². The Morgan fingerprint density at radius 3 is 2.15 bits per heavy atom. The molecule has 1 amide bonds. The molecule has 0 aliphatic heterocycles. The highest BCUT2D eigenvalue weighted by Gasteiger charge is 2.31. The minimum atomic E-state index is -3.62. The molecule has 1 atom stereocenters. The fourth-order valence-electron chi connectivity index (χ4n) is 2.67. The van der Waals surface area contributed by atoms with Gasteiger partial charge < -0.3 is 15.7 Å². The third kappa shape index (κ3) is 7.43. The van der Waals surface area contributed by atoms with E-state index in [1.54, 1.807) is 24.3 Å². The first-order chi connectivity index (χ1) is 12.3. The standard InChI is InChI=1S/C18H28N2O5S/c1-3-8-15(9-4-2)26(24,25)13-16(18(22)23)20-17(21)12-19-14-10-6-5-7-11-14/h5-7,10-11,15-16,19H,3-4,8-9,12-13H2,1-2H3,(H,20,21)(H,22,23)/t16-/m1/s1. The molecule has 26 heavy (non-hydrogen) atoms. The fourth-order valence-corrected chi connectivity index (χ4v) is 4.83. The van der Waals surface area contributed by atoms with Crippen LogP contribution in [0.2, 0.25) is 0 Å². The molecular weight excluding hydrogens is 356 g/mol. The molecule has 1 rings (SSSR count). The lowest BCUT2D eigenvalue weighted by atomic mass is 10.2. The van der Waals surface area contributed by atoms with Crippen LogP contribution in [0.25, 0.3) is 0 Å². The Kier molecular flexibility index (Phi) is 9.12. The molecule has 3 N–H and O–H groups in total. The maximum Gasteiger partial charge on any atom is 0.327 e. The first-order valence-electron chi connectivity index (χ1n) is 8.82. The number of benzene rings is 1. The molecule has 0 fully saturated rings. The van der Waals surface area contributed by atoms with Crippen LogP contribution in [0, 0.1) is 0 Å². The Labute approximate surface area is 155 Å². The monoisotopic (exact) mass is 384 g/mol. The second kappa shape index (κ2) is 10.8. The van der Waals surface area contributed by atoms with Crippen molar-refractivity contribution in [2.24, 2.45) is 0 Å². The normalized spacial score (nSPS) is 12.6. The molecule has 0 unspecified atom stereocenters. The van der Waals surface area contributed by atoms with Crippen molar-refractivity contribution in [1.29, 1.82) is 0 Å². The van der Waals surface area contributed by atoms with Crippen LogP contribution in [0.5, 0.6) is 0 Å². The highest BCUT2D eigenvalue weighted by Crippen LogP contribution is 2.16. The Balaban J connectivity index is 2.69. The number of aliphatic carboxylic acids is 1. The number of anilines is 1. The molecule has 0 heterocycles. The number of nitrogens with one attached hydrogen (secondary N) is 2. The highest BCUT2D eigenvalue weighted by atomic mass is 32.2. The van der Waals surface area contributed by atoms with Crippen LogP contribution >= 0.6 is 0 Å². The molecular formula is C18H28N2O5S. The number of rotatable bonds is 12. The molecule has 0 aliphatic carbocycles. The van der Waals surface area contributed by atoms with Gasteiger partial charge in [0.2, 0.25) is 5.91 Å². The number of carbonyl (C=O) groups is 2. The number of hydrogen-bond acceptors (Lipinski definition) is 5. The van der Waals surface area contributed by atoms with Crippen molar-refractivity contribution in [3.63, 3.8) is 0 Å². The van der Waals surface area contributed by atoms with Gasteiger partial charge in [0.05, 0.1) is 17.5 Å². The van der Waals surface area contributed by atoms with Gasteiger partial charge in [0.25, 0.3) is 0 Å². The summed E-state index contributed by atoms with van der Waals surface area (Å²) in [5.74, 6) is -2.52. The Morgan fingerprint density at radius 1 is 1.08 bits per heavy atom. The van der Waals surface area contributed by atoms with Gasteiger partial charge in [-0.05, 0) is 25.0 Å². The average Bonchev–Trinajstić information content (AvgIpc) is 2.60. The lowest BCUT2D eigenvalue weighted by Crippen LogP contribution is -2.48. The van der Waals surface area contributed by atoms with Crippen LogP contribution in [0.15, 0.2) is 30.3 Å². The number of carboxylic acids is 1. The van der Waals surface area contributed by atoms with Crippen molar-refractivity contribution in [3.8, 4) is 0 Å². The van der Waals surface area contributed by atoms with E-state index in [1.807, 2.05) is 19.9 Å². The summed E-state index contributed by atoms with van der Waals surface area (Å²) in [6.07, 6.45) is 2.39. The van der Waals surface area contributed by atoms with Crippen molar-refractivity contribution in [2.75, 3.05) is 17.6 Å². The molecule has 7 nitrogen and oxygen atoms in total. The van der Waals surface area contributed by atoms with Gasteiger partial charge in [-0.1, -0.05) is 44.9 Å². The number of hydrogen-bond donors (Lipinski definition) is 3. The maximum atomic E-state index is 12.6. The van der Waals surface area contributed by atoms with Crippen LogP contribution in [0.3, 0.4) is 0 Å². The smallest absolute Gasteiger partial charge is 0.327 e. The minimum absolute atomic E-state index is 0.138. The van der Waals surface area contributed by atoms with Crippen LogP contribution in [-0.2, 0) is 19.4 Å². The number of carbonyl (C=O) groups excluding carboxylic acids is 1. The molecule has 0 saturated heterocycles. The first kappa shape index (κ1) is 22.0. The van der Waals surface area contributed by atoms with Gasteiger partial charge in [0.1, 0.15) is 6.04 Å². The Bertz CT molecular complexity index is 670. The number of para-hydroxylation sites is 1. The van der Waals surface area contributed by atoms with Crippen molar-refractivity contribution in [2.45, 2.75) is 50.8 Å². The van der Waals surface area contributed by atoms with Crippen molar-refractivity contribution >= 4 is 27.4 Å². The van der Waals surface area contributed by atoms with Crippen LogP contribution in [0.1, 0.15) is 39.5 Å². The van der Waals surface area contributed by atoms with E-state index in [9.17, 15) is 23.1 Å². The van der Waals surface area contributed by atoms with E-state index in [4.69, 9.17) is 0 Å². The summed E-state index contributed by atoms with van der Waals surface area (Å²) < 4.78 is 25.1. The van der Waals surface area contributed by atoms with Gasteiger partial charge in [0, 0.05) is 5.69 Å². The minimum Gasteiger partial charge on any atom is -0.480 e. The molecule has 0 saturated carbocycles. The van der Waals surface area contributed by atoms with E-state index in [0.29, 0.717) is 31.4 Å². The largest absolute Gasteiger partial charge is 0.480 e. The zero-order valence-corrected chi connectivity index (χ0v) is 16.1. The first-order valence-corrected chi connectivity index (χ1v) is 10.5. The molecule has 0 bridgehead atoms. The summed E-state index contributed by atoms with van der Waals surface area (Å²) in [5, 5.41) is 13.9. The maximum absolute atomic E-state index is 12.6. The zero-order valence-electron chi connectivity index (χ0n) is 15.3. The summed E-state index contributed by atoms with van der Waals surface area (Å²) >= 11 is 0. The summed E-state index contributed by atoms with van der Waals surface area (Å²) in [4.78, 5) is 23.4. The number of sulfone groups is 1. The van der Waals surface area contributed by atoms with Crippen molar-refractivity contribution < 1.29 is 23.1 Å². The molecule has 8 heteroatoms. The second-order valence-corrected chi connectivity index (χ2v) is 8.53. The summed E-state index contributed by atoms with van der Waals surface area (Å²) in [7, 11) is -3.62. The summed E-state index contributed by atoms with van der Waals surface area (Å²) in [6.45, 7) is 3.65. The van der Waals surface area contributed by atoms with Crippen molar-refractivity contribution in [1.82, 2.24) is 5.32 Å². The van der Waals surface area contributed by atoms with Gasteiger partial charge in [-0.3, -0.25) is 4.79 Å². The van der Waals surface area contributed by atoms with Gasteiger partial charge in [-0.25, -0.2) is 13.2 Å². The van der Waals surface area contributed by atoms with E-state index in [-0.39, 0.29) is 6.54 Å².